The quantitative estimate of drug-likeness (QED) is 0.237. The van der Waals surface area contributed by atoms with Crippen LogP contribution in [0.1, 0.15) is 49.0 Å². The van der Waals surface area contributed by atoms with Gasteiger partial charge in [-0.15, -0.1) is 0 Å². The van der Waals surface area contributed by atoms with Gasteiger partial charge in [0, 0.05) is 5.56 Å². The molecule has 0 bridgehead atoms. The van der Waals surface area contributed by atoms with Crippen LogP contribution in [0.25, 0.3) is 0 Å². The molecular formula is C25H29N3O5. The predicted molar refractivity (Wildman–Crippen MR) is 123 cm³/mol. The van der Waals surface area contributed by atoms with E-state index < -0.39 is 12.0 Å². The molecule has 0 radical (unpaired) electrons. The third kappa shape index (κ3) is 6.41. The smallest absolute Gasteiger partial charge is 0.314 e. The third-order valence-corrected chi connectivity index (χ3v) is 5.13. The summed E-state index contributed by atoms with van der Waals surface area (Å²) in [5, 5.41) is 7.84. The molecule has 8 heteroatoms. The SMILES string of the molecule is CCO/N=C(/CC)C(Cc1ccc(OC(c2cccc(C)c2)c2ncno2)cc1)C(=O)OC. The minimum atomic E-state index is -0.536. The molecule has 0 saturated carbocycles. The number of esters is 1. The van der Waals surface area contributed by atoms with E-state index in [9.17, 15) is 4.79 Å². The molecule has 8 nitrogen and oxygen atoms in total. The van der Waals surface area contributed by atoms with Crippen LogP contribution in [0.15, 0.2) is 64.5 Å². The van der Waals surface area contributed by atoms with Gasteiger partial charge in [-0.25, -0.2) is 0 Å². The summed E-state index contributed by atoms with van der Waals surface area (Å²) in [7, 11) is 1.38. The molecular weight excluding hydrogens is 422 g/mol. The molecule has 3 rings (SSSR count). The fraction of sp³-hybridized carbons (Fsp3) is 0.360. The molecule has 174 valence electrons. The topological polar surface area (TPSA) is 96.0 Å². The largest absolute Gasteiger partial charge is 0.476 e. The van der Waals surface area contributed by atoms with Crippen molar-refractivity contribution in [1.82, 2.24) is 10.1 Å². The Kier molecular flexibility index (Phi) is 8.57. The number of rotatable bonds is 11. The summed E-state index contributed by atoms with van der Waals surface area (Å²) in [6, 6.07) is 15.5. The van der Waals surface area contributed by atoms with Gasteiger partial charge in [-0.3, -0.25) is 4.79 Å². The van der Waals surface area contributed by atoms with Gasteiger partial charge in [0.1, 0.15) is 18.3 Å². The Morgan fingerprint density at radius 2 is 1.94 bits per heavy atom. The van der Waals surface area contributed by atoms with E-state index in [1.807, 2.05) is 69.3 Å². The molecule has 1 aromatic heterocycles. The van der Waals surface area contributed by atoms with Crippen LogP contribution in [0.4, 0.5) is 0 Å². The summed E-state index contributed by atoms with van der Waals surface area (Å²) in [6.07, 6.45) is 1.85. The highest BCUT2D eigenvalue weighted by molar-refractivity contribution is 6.02. The van der Waals surface area contributed by atoms with Crippen molar-refractivity contribution in [3.63, 3.8) is 0 Å². The number of aryl methyl sites for hydroxylation is 1. The Morgan fingerprint density at radius 3 is 2.55 bits per heavy atom. The molecule has 2 unspecified atom stereocenters. The monoisotopic (exact) mass is 451 g/mol. The molecule has 1 heterocycles. The first-order valence-corrected chi connectivity index (χ1v) is 10.9. The van der Waals surface area contributed by atoms with Crippen molar-refractivity contribution in [3.05, 3.63) is 77.4 Å². The van der Waals surface area contributed by atoms with Crippen molar-refractivity contribution in [2.45, 2.75) is 39.7 Å². The second-order valence-electron chi connectivity index (χ2n) is 7.47. The first-order chi connectivity index (χ1) is 16.0. The number of ether oxygens (including phenoxy) is 2. The molecule has 0 amide bonds. The normalized spacial score (nSPS) is 13.3. The maximum absolute atomic E-state index is 12.4. The standard InChI is InChI=1S/C25H29N3O5/c1-5-22(28-31-6-2)21(25(29)30-4)15-18-10-12-20(13-11-18)32-23(24-26-16-27-33-24)19-9-7-8-17(3)14-19/h7-14,16,21,23H,5-6,15H2,1-4H3/b28-22-. The van der Waals surface area contributed by atoms with Crippen molar-refractivity contribution < 1.29 is 23.6 Å². The van der Waals surface area contributed by atoms with Gasteiger partial charge >= 0.3 is 5.97 Å². The second kappa shape index (κ2) is 11.8. The van der Waals surface area contributed by atoms with E-state index in [1.54, 1.807) is 0 Å². The molecule has 0 N–H and O–H groups in total. The lowest BCUT2D eigenvalue weighted by Crippen LogP contribution is -2.27. The Balaban J connectivity index is 1.79. The van der Waals surface area contributed by atoms with Crippen molar-refractivity contribution in [2.75, 3.05) is 13.7 Å². The summed E-state index contributed by atoms with van der Waals surface area (Å²) in [4.78, 5) is 21.8. The number of methoxy groups -OCH3 is 1. The predicted octanol–water partition coefficient (Wildman–Crippen LogP) is 4.68. The highest BCUT2D eigenvalue weighted by Crippen LogP contribution is 2.28. The van der Waals surface area contributed by atoms with E-state index in [2.05, 4.69) is 15.3 Å². The number of nitrogens with zero attached hydrogens (tertiary/aromatic N) is 3. The van der Waals surface area contributed by atoms with E-state index in [0.717, 1.165) is 16.7 Å². The van der Waals surface area contributed by atoms with Crippen LogP contribution in [-0.2, 0) is 20.8 Å². The zero-order valence-electron chi connectivity index (χ0n) is 19.4. The number of carbonyl (C=O) groups is 1. The summed E-state index contributed by atoms with van der Waals surface area (Å²) in [6.45, 7) is 6.24. The van der Waals surface area contributed by atoms with Gasteiger partial charge in [-0.2, -0.15) is 4.98 Å². The Morgan fingerprint density at radius 1 is 1.15 bits per heavy atom. The van der Waals surface area contributed by atoms with Crippen LogP contribution in [0.5, 0.6) is 5.75 Å². The van der Waals surface area contributed by atoms with Gasteiger partial charge in [0.15, 0.2) is 6.33 Å². The molecule has 0 aliphatic heterocycles. The van der Waals surface area contributed by atoms with Gasteiger partial charge in [-0.1, -0.05) is 59.2 Å². The van der Waals surface area contributed by atoms with Gasteiger partial charge in [0.2, 0.25) is 6.10 Å². The van der Waals surface area contributed by atoms with Gasteiger partial charge in [0.05, 0.1) is 12.8 Å². The number of hydrogen-bond donors (Lipinski definition) is 0. The van der Waals surface area contributed by atoms with E-state index in [0.29, 0.717) is 36.8 Å². The lowest BCUT2D eigenvalue weighted by atomic mass is 9.93. The summed E-state index contributed by atoms with van der Waals surface area (Å²) < 4.78 is 16.5. The summed E-state index contributed by atoms with van der Waals surface area (Å²) in [5.41, 5.74) is 3.61. The Hall–Kier alpha value is -3.68. The highest BCUT2D eigenvalue weighted by atomic mass is 16.6. The Bertz CT molecular complexity index is 1050. The maximum atomic E-state index is 12.4. The molecule has 0 fully saturated rings. The minimum absolute atomic E-state index is 0.341. The molecule has 0 saturated heterocycles. The zero-order chi connectivity index (χ0) is 23.6. The highest BCUT2D eigenvalue weighted by Gasteiger charge is 2.26. The zero-order valence-corrected chi connectivity index (χ0v) is 19.4. The van der Waals surface area contributed by atoms with E-state index >= 15 is 0 Å². The number of carbonyl (C=O) groups excluding carboxylic acids is 1. The number of oxime groups is 1. The van der Waals surface area contributed by atoms with Crippen LogP contribution in [0.3, 0.4) is 0 Å². The number of benzene rings is 2. The summed E-state index contributed by atoms with van der Waals surface area (Å²) in [5.74, 6) is 0.148. The third-order valence-electron chi connectivity index (χ3n) is 5.13. The van der Waals surface area contributed by atoms with Gasteiger partial charge in [-0.05, 0) is 44.4 Å². The summed E-state index contributed by atoms with van der Waals surface area (Å²) >= 11 is 0. The van der Waals surface area contributed by atoms with Crippen LogP contribution in [0, 0.1) is 12.8 Å². The van der Waals surface area contributed by atoms with Crippen LogP contribution < -0.4 is 4.74 Å². The number of aromatic nitrogens is 2. The molecule has 0 aliphatic rings. The van der Waals surface area contributed by atoms with Gasteiger partial charge < -0.3 is 18.8 Å². The van der Waals surface area contributed by atoms with Gasteiger partial charge in [0.25, 0.3) is 5.89 Å². The first-order valence-electron chi connectivity index (χ1n) is 10.9. The molecule has 3 aromatic rings. The average molecular weight is 452 g/mol. The van der Waals surface area contributed by atoms with Crippen LogP contribution >= 0.6 is 0 Å². The lowest BCUT2D eigenvalue weighted by Gasteiger charge is -2.18. The Labute approximate surface area is 193 Å². The molecule has 2 atom stereocenters. The van der Waals surface area contributed by atoms with E-state index in [-0.39, 0.29) is 5.97 Å². The average Bonchev–Trinajstić information content (AvgIpc) is 3.37. The van der Waals surface area contributed by atoms with E-state index in [1.165, 1.54) is 13.4 Å². The van der Waals surface area contributed by atoms with Crippen LogP contribution in [-0.4, -0.2) is 35.5 Å². The fourth-order valence-electron chi connectivity index (χ4n) is 3.47. The van der Waals surface area contributed by atoms with Crippen molar-refractivity contribution >= 4 is 11.7 Å². The molecule has 0 spiro atoms. The molecule has 0 aliphatic carbocycles. The fourth-order valence-corrected chi connectivity index (χ4v) is 3.47. The molecule has 33 heavy (non-hydrogen) atoms. The minimum Gasteiger partial charge on any atom is -0.476 e. The second-order valence-corrected chi connectivity index (χ2v) is 7.47. The molecule has 2 aromatic carbocycles. The van der Waals surface area contributed by atoms with Crippen molar-refractivity contribution in [1.29, 1.82) is 0 Å². The maximum Gasteiger partial charge on any atom is 0.314 e. The first kappa shape index (κ1) is 24.0. The van der Waals surface area contributed by atoms with Crippen molar-refractivity contribution in [3.8, 4) is 5.75 Å². The lowest BCUT2D eigenvalue weighted by molar-refractivity contribution is -0.143. The number of hydrogen-bond acceptors (Lipinski definition) is 8. The van der Waals surface area contributed by atoms with E-state index in [4.69, 9.17) is 18.8 Å². The van der Waals surface area contributed by atoms with Crippen LogP contribution in [0.2, 0.25) is 0 Å². The van der Waals surface area contributed by atoms with Crippen molar-refractivity contribution in [2.24, 2.45) is 11.1 Å².